The van der Waals surface area contributed by atoms with Gasteiger partial charge in [0.2, 0.25) is 0 Å². The second-order valence-electron chi connectivity index (χ2n) is 3.47. The molecule has 14 heavy (non-hydrogen) atoms. The zero-order chi connectivity index (χ0) is 10.1. The topological polar surface area (TPSA) is 23.5 Å². The molecule has 0 saturated carbocycles. The van der Waals surface area contributed by atoms with E-state index in [2.05, 4.69) is 35.7 Å². The first-order valence-corrected chi connectivity index (χ1v) is 6.24. The minimum atomic E-state index is 0.112. The molecule has 0 fully saturated rings. The van der Waals surface area contributed by atoms with Gasteiger partial charge in [-0.05, 0) is 43.3 Å². The van der Waals surface area contributed by atoms with E-state index in [0.717, 1.165) is 5.70 Å². The Hall–Kier alpha value is -0.450. The molecule has 76 valence electrons. The number of aliphatic hydroxyl groups excluding tert-OH is 1. The van der Waals surface area contributed by atoms with Crippen LogP contribution in [0.4, 0.5) is 0 Å². The van der Waals surface area contributed by atoms with Gasteiger partial charge in [-0.25, -0.2) is 0 Å². The zero-order valence-corrected chi connectivity index (χ0v) is 9.86. The van der Waals surface area contributed by atoms with Crippen LogP contribution in [-0.4, -0.2) is 22.1 Å². The van der Waals surface area contributed by atoms with Crippen LogP contribution in [0.5, 0.6) is 0 Å². The number of thiophene rings is 1. The molecule has 1 aromatic heterocycles. The minimum absolute atomic E-state index is 0.112. The molecule has 1 N–H and O–H groups in total. The van der Waals surface area contributed by atoms with Crippen molar-refractivity contribution < 1.29 is 5.11 Å². The molecule has 0 bridgehead atoms. The molecule has 4 heteroatoms. The molecular formula is C10H13NOS2. The normalized spacial score (nSPS) is 15.7. The lowest BCUT2D eigenvalue weighted by Crippen LogP contribution is -2.26. The largest absolute Gasteiger partial charge is 0.390 e. The average molecular weight is 227 g/mol. The minimum Gasteiger partial charge on any atom is -0.390 e. The fraction of sp³-hybridized carbons (Fsp3) is 0.400. The molecule has 0 radical (unpaired) electrons. The summed E-state index contributed by atoms with van der Waals surface area (Å²) in [5.41, 5.74) is 2.23. The van der Waals surface area contributed by atoms with Crippen molar-refractivity contribution in [2.45, 2.75) is 24.1 Å². The monoisotopic (exact) mass is 227 g/mol. The van der Waals surface area contributed by atoms with Gasteiger partial charge in [-0.2, -0.15) is 0 Å². The van der Waals surface area contributed by atoms with Gasteiger partial charge in [0.25, 0.3) is 0 Å². The van der Waals surface area contributed by atoms with Crippen LogP contribution in [0.25, 0.3) is 6.08 Å². The molecule has 2 nitrogen and oxygen atoms in total. The first-order valence-electron chi connectivity index (χ1n) is 4.58. The summed E-state index contributed by atoms with van der Waals surface area (Å²) in [4.78, 5) is 0. The van der Waals surface area contributed by atoms with Gasteiger partial charge in [-0.1, -0.05) is 0 Å². The highest BCUT2D eigenvalue weighted by Gasteiger charge is 2.21. The Labute approximate surface area is 92.4 Å². The van der Waals surface area contributed by atoms with Gasteiger partial charge in [0.15, 0.2) is 0 Å². The Morgan fingerprint density at radius 1 is 1.50 bits per heavy atom. The number of fused-ring (bicyclic) bond motifs is 1. The third kappa shape index (κ3) is 1.69. The van der Waals surface area contributed by atoms with Crippen LogP contribution in [0.15, 0.2) is 21.4 Å². The number of hydrogen-bond acceptors (Lipinski definition) is 4. The lowest BCUT2D eigenvalue weighted by Gasteiger charge is -2.31. The number of nitrogens with zero attached hydrogens (tertiary/aromatic N) is 1. The van der Waals surface area contributed by atoms with E-state index >= 15 is 0 Å². The maximum atomic E-state index is 9.25. The van der Waals surface area contributed by atoms with Crippen molar-refractivity contribution in [3.63, 3.8) is 0 Å². The van der Waals surface area contributed by atoms with Crippen LogP contribution in [0.3, 0.4) is 0 Å². The van der Waals surface area contributed by atoms with Gasteiger partial charge < -0.3 is 9.41 Å². The summed E-state index contributed by atoms with van der Waals surface area (Å²) in [5.74, 6) is 0. The van der Waals surface area contributed by atoms with Crippen molar-refractivity contribution >= 4 is 29.4 Å². The van der Waals surface area contributed by atoms with Gasteiger partial charge in [-0.3, -0.25) is 0 Å². The highest BCUT2D eigenvalue weighted by Crippen LogP contribution is 2.40. The van der Waals surface area contributed by atoms with Crippen molar-refractivity contribution in [2.24, 2.45) is 0 Å². The van der Waals surface area contributed by atoms with Gasteiger partial charge in [-0.15, -0.1) is 11.3 Å². The fourth-order valence-electron chi connectivity index (χ4n) is 1.43. The molecule has 1 aliphatic rings. The molecule has 1 aromatic rings. The highest BCUT2D eigenvalue weighted by molar-refractivity contribution is 7.99. The lowest BCUT2D eigenvalue weighted by molar-refractivity contribution is 0.293. The van der Waals surface area contributed by atoms with E-state index in [1.807, 2.05) is 0 Å². The van der Waals surface area contributed by atoms with Crippen molar-refractivity contribution in [2.75, 3.05) is 6.61 Å². The zero-order valence-electron chi connectivity index (χ0n) is 8.23. The summed E-state index contributed by atoms with van der Waals surface area (Å²) in [6, 6.07) is 2.51. The molecule has 0 aliphatic carbocycles. The lowest BCUT2D eigenvalue weighted by atomic mass is 10.2. The molecule has 0 amide bonds. The molecule has 0 aromatic carbocycles. The summed E-state index contributed by atoms with van der Waals surface area (Å²) >= 11 is 3.48. The quantitative estimate of drug-likeness (QED) is 0.786. The van der Waals surface area contributed by atoms with Crippen LogP contribution in [-0.2, 0) is 0 Å². The Balaban J connectivity index is 2.35. The average Bonchev–Trinajstić information content (AvgIpc) is 2.62. The molecule has 2 rings (SSSR count). The van der Waals surface area contributed by atoms with E-state index in [1.165, 1.54) is 9.77 Å². The predicted molar refractivity (Wildman–Crippen MR) is 62.2 cm³/mol. The Kier molecular flexibility index (Phi) is 2.85. The molecule has 0 atom stereocenters. The smallest absolute Gasteiger partial charge is 0.0882 e. The number of rotatable bonds is 2. The summed E-state index contributed by atoms with van der Waals surface area (Å²) in [6.07, 6.45) is 2.07. The van der Waals surface area contributed by atoms with E-state index < -0.39 is 0 Å². The summed E-state index contributed by atoms with van der Waals surface area (Å²) in [5, 5.41) is 11.3. The van der Waals surface area contributed by atoms with Crippen LogP contribution in [0, 0.1) is 0 Å². The van der Waals surface area contributed by atoms with Gasteiger partial charge in [0, 0.05) is 11.6 Å². The van der Waals surface area contributed by atoms with Crippen LogP contribution < -0.4 is 0 Å². The summed E-state index contributed by atoms with van der Waals surface area (Å²) in [7, 11) is 0. The Morgan fingerprint density at radius 2 is 2.29 bits per heavy atom. The van der Waals surface area contributed by atoms with Gasteiger partial charge >= 0.3 is 0 Å². The first kappa shape index (κ1) is 10.1. The third-order valence-electron chi connectivity index (χ3n) is 2.08. The Bertz CT molecular complexity index is 357. The summed E-state index contributed by atoms with van der Waals surface area (Å²) in [6.45, 7) is 4.38. The number of hydrogen-bond donors (Lipinski definition) is 1. The van der Waals surface area contributed by atoms with Crippen LogP contribution >= 0.6 is 23.3 Å². The fourth-order valence-corrected chi connectivity index (χ4v) is 3.46. The van der Waals surface area contributed by atoms with Gasteiger partial charge in [0.05, 0.1) is 16.5 Å². The van der Waals surface area contributed by atoms with E-state index in [9.17, 15) is 5.11 Å². The molecule has 1 aliphatic heterocycles. The molecule has 0 unspecified atom stereocenters. The van der Waals surface area contributed by atoms with Crippen molar-refractivity contribution in [3.05, 3.63) is 22.7 Å². The second-order valence-corrected chi connectivity index (χ2v) is 5.63. The number of aliphatic hydroxyl groups is 1. The van der Waals surface area contributed by atoms with Gasteiger partial charge in [0.1, 0.15) is 0 Å². The molecule has 0 spiro atoms. The van der Waals surface area contributed by atoms with E-state index in [4.69, 9.17) is 0 Å². The van der Waals surface area contributed by atoms with Crippen molar-refractivity contribution in [1.29, 1.82) is 0 Å². The maximum Gasteiger partial charge on any atom is 0.0882 e. The first-order chi connectivity index (χ1) is 6.72. The van der Waals surface area contributed by atoms with Crippen molar-refractivity contribution in [1.82, 2.24) is 4.31 Å². The molecule has 0 saturated heterocycles. The predicted octanol–water partition coefficient (Wildman–Crippen LogP) is 2.81. The Morgan fingerprint density at radius 3 is 2.93 bits per heavy atom. The van der Waals surface area contributed by atoms with Crippen LogP contribution in [0.2, 0.25) is 0 Å². The summed E-state index contributed by atoms with van der Waals surface area (Å²) < 4.78 is 3.48. The second kappa shape index (κ2) is 3.96. The van der Waals surface area contributed by atoms with E-state index in [-0.39, 0.29) is 6.61 Å². The standard InChI is InChI=1S/C10H13NOS2/c1-7(2)11-9(6-12)5-8-3-4-13-10(8)14-11/h3-5,7,12H,6H2,1-2H3. The van der Waals surface area contributed by atoms with E-state index in [1.54, 1.807) is 23.3 Å². The molecule has 2 heterocycles. The third-order valence-corrected chi connectivity index (χ3v) is 4.56. The van der Waals surface area contributed by atoms with E-state index in [0.29, 0.717) is 6.04 Å². The van der Waals surface area contributed by atoms with Crippen LogP contribution in [0.1, 0.15) is 19.4 Å². The highest BCUT2D eigenvalue weighted by atomic mass is 32.2. The molecular weight excluding hydrogens is 214 g/mol. The van der Waals surface area contributed by atoms with Crippen molar-refractivity contribution in [3.8, 4) is 0 Å². The maximum absolute atomic E-state index is 9.25. The SMILES string of the molecule is CC(C)N1Sc2sccc2C=C1CO.